The van der Waals surface area contributed by atoms with Crippen molar-refractivity contribution in [1.82, 2.24) is 4.98 Å². The number of hydrogen-bond donors (Lipinski definition) is 2. The van der Waals surface area contributed by atoms with Gasteiger partial charge < -0.3 is 5.73 Å². The number of nitrogens with one attached hydrogen (secondary N) is 1. The van der Waals surface area contributed by atoms with Crippen LogP contribution in [0.2, 0.25) is 5.02 Å². The molecule has 94 valence electrons. The Kier molecular flexibility index (Phi) is 3.40. The Balaban J connectivity index is 2.33. The fourth-order valence-electron chi connectivity index (χ4n) is 1.35. The second-order valence-electron chi connectivity index (χ2n) is 3.50. The molecule has 0 radical (unpaired) electrons. The normalized spacial score (nSPS) is 11.2. The van der Waals surface area contributed by atoms with Crippen LogP contribution in [0.1, 0.15) is 0 Å². The number of nitrogens with two attached hydrogens (primary N) is 1. The molecule has 0 aliphatic carbocycles. The van der Waals surface area contributed by atoms with Gasteiger partial charge in [0.25, 0.3) is 10.0 Å². The highest BCUT2D eigenvalue weighted by Crippen LogP contribution is 2.20. The highest BCUT2D eigenvalue weighted by molar-refractivity contribution is 7.92. The van der Waals surface area contributed by atoms with Crippen molar-refractivity contribution in [2.45, 2.75) is 4.90 Å². The second kappa shape index (κ2) is 4.83. The molecule has 0 saturated carbocycles. The number of aromatic nitrogens is 1. The molecule has 0 amide bonds. The number of anilines is 2. The minimum Gasteiger partial charge on any atom is -0.398 e. The first-order chi connectivity index (χ1) is 8.49. The van der Waals surface area contributed by atoms with Crippen LogP contribution in [-0.4, -0.2) is 13.4 Å². The molecule has 3 N–H and O–H groups in total. The first-order valence-corrected chi connectivity index (χ1v) is 6.84. The monoisotopic (exact) mass is 283 g/mol. The average molecular weight is 284 g/mol. The van der Waals surface area contributed by atoms with Crippen molar-refractivity contribution in [2.24, 2.45) is 0 Å². The minimum atomic E-state index is -3.74. The zero-order chi connectivity index (χ0) is 13.2. The van der Waals surface area contributed by atoms with Gasteiger partial charge in [0.05, 0.1) is 10.7 Å². The average Bonchev–Trinajstić information content (AvgIpc) is 2.32. The van der Waals surface area contributed by atoms with Gasteiger partial charge in [-0.2, -0.15) is 0 Å². The zero-order valence-corrected chi connectivity index (χ0v) is 10.7. The number of rotatable bonds is 3. The van der Waals surface area contributed by atoms with Crippen LogP contribution in [0.15, 0.2) is 47.5 Å². The molecular formula is C11H10ClN3O2S. The van der Waals surface area contributed by atoms with E-state index in [9.17, 15) is 8.42 Å². The molecule has 0 atom stereocenters. The van der Waals surface area contributed by atoms with Gasteiger partial charge in [-0.05, 0) is 24.3 Å². The lowest BCUT2D eigenvalue weighted by Crippen LogP contribution is -2.15. The highest BCUT2D eigenvalue weighted by Gasteiger charge is 2.17. The molecule has 0 saturated heterocycles. The predicted molar refractivity (Wildman–Crippen MR) is 70.9 cm³/mol. The van der Waals surface area contributed by atoms with Gasteiger partial charge in [-0.15, -0.1) is 0 Å². The summed E-state index contributed by atoms with van der Waals surface area (Å²) in [6, 6.07) is 9.21. The maximum absolute atomic E-state index is 12.0. The van der Waals surface area contributed by atoms with Gasteiger partial charge in [0.15, 0.2) is 0 Å². The van der Waals surface area contributed by atoms with E-state index >= 15 is 0 Å². The largest absolute Gasteiger partial charge is 0.398 e. The van der Waals surface area contributed by atoms with Crippen molar-refractivity contribution in [3.8, 4) is 0 Å². The van der Waals surface area contributed by atoms with Gasteiger partial charge in [0, 0.05) is 6.20 Å². The van der Waals surface area contributed by atoms with Crippen molar-refractivity contribution in [3.05, 3.63) is 47.6 Å². The quantitative estimate of drug-likeness (QED) is 0.845. The third-order valence-corrected chi connectivity index (χ3v) is 3.83. The minimum absolute atomic E-state index is 0.0155. The number of pyridine rings is 1. The smallest absolute Gasteiger partial charge is 0.265 e. The molecule has 0 aliphatic heterocycles. The Hall–Kier alpha value is -1.79. The molecule has 5 nitrogen and oxygen atoms in total. The van der Waals surface area contributed by atoms with Gasteiger partial charge in [-0.25, -0.2) is 13.4 Å². The molecule has 0 fully saturated rings. The van der Waals surface area contributed by atoms with E-state index in [1.165, 1.54) is 24.4 Å². The van der Waals surface area contributed by atoms with Gasteiger partial charge in [-0.1, -0.05) is 23.7 Å². The van der Waals surface area contributed by atoms with Crippen LogP contribution in [-0.2, 0) is 10.0 Å². The summed E-state index contributed by atoms with van der Waals surface area (Å²) in [4.78, 5) is 3.87. The topological polar surface area (TPSA) is 85.1 Å². The molecule has 0 spiro atoms. The van der Waals surface area contributed by atoms with E-state index in [-0.39, 0.29) is 16.4 Å². The van der Waals surface area contributed by atoms with E-state index < -0.39 is 10.0 Å². The van der Waals surface area contributed by atoms with Crippen molar-refractivity contribution in [2.75, 3.05) is 10.5 Å². The lowest BCUT2D eigenvalue weighted by molar-refractivity contribution is 0.601. The number of nitrogens with zero attached hydrogens (tertiary/aromatic N) is 1. The molecule has 1 heterocycles. The van der Waals surface area contributed by atoms with E-state index in [4.69, 9.17) is 17.3 Å². The number of sulfonamides is 1. The summed E-state index contributed by atoms with van der Waals surface area (Å²) in [5.74, 6) is 0.183. The van der Waals surface area contributed by atoms with Gasteiger partial charge in [-0.3, -0.25) is 4.72 Å². The van der Waals surface area contributed by atoms with Crippen LogP contribution in [0.3, 0.4) is 0 Å². The van der Waals surface area contributed by atoms with Crippen LogP contribution in [0.4, 0.5) is 11.5 Å². The second-order valence-corrected chi connectivity index (χ2v) is 5.59. The predicted octanol–water partition coefficient (Wildman–Crippen LogP) is 2.12. The lowest BCUT2D eigenvalue weighted by Gasteiger charge is -2.09. The van der Waals surface area contributed by atoms with E-state index in [1.54, 1.807) is 18.2 Å². The Morgan fingerprint density at radius 2 is 1.89 bits per heavy atom. The third-order valence-electron chi connectivity index (χ3n) is 2.17. The first kappa shape index (κ1) is 12.7. The molecule has 2 rings (SSSR count). The summed E-state index contributed by atoms with van der Waals surface area (Å²) in [7, 11) is -3.74. The maximum Gasteiger partial charge on any atom is 0.265 e. The highest BCUT2D eigenvalue weighted by atomic mass is 35.5. The van der Waals surface area contributed by atoms with E-state index in [0.717, 1.165) is 0 Å². The molecule has 1 aromatic heterocycles. The summed E-state index contributed by atoms with van der Waals surface area (Å²) in [6.07, 6.45) is 1.35. The fourth-order valence-corrected chi connectivity index (χ4v) is 2.61. The molecule has 0 aliphatic rings. The number of para-hydroxylation sites is 1. The van der Waals surface area contributed by atoms with Gasteiger partial charge in [0.1, 0.15) is 10.7 Å². The van der Waals surface area contributed by atoms with Crippen molar-refractivity contribution in [3.63, 3.8) is 0 Å². The summed E-state index contributed by atoms with van der Waals surface area (Å²) in [5.41, 5.74) is 5.80. The van der Waals surface area contributed by atoms with Gasteiger partial charge in [0.2, 0.25) is 0 Å². The molecule has 2 aromatic rings. The number of benzene rings is 1. The Morgan fingerprint density at radius 1 is 1.17 bits per heavy atom. The summed E-state index contributed by atoms with van der Waals surface area (Å²) in [5, 5.41) is 0.428. The zero-order valence-electron chi connectivity index (χ0n) is 9.17. The first-order valence-electron chi connectivity index (χ1n) is 4.98. The molecule has 18 heavy (non-hydrogen) atoms. The van der Waals surface area contributed by atoms with Crippen LogP contribution < -0.4 is 10.5 Å². The van der Waals surface area contributed by atoms with E-state index in [2.05, 4.69) is 9.71 Å². The lowest BCUT2D eigenvalue weighted by atomic mass is 10.3. The van der Waals surface area contributed by atoms with Gasteiger partial charge >= 0.3 is 0 Å². The van der Waals surface area contributed by atoms with Crippen LogP contribution in [0.25, 0.3) is 0 Å². The molecule has 0 bridgehead atoms. The van der Waals surface area contributed by atoms with Crippen LogP contribution in [0.5, 0.6) is 0 Å². The van der Waals surface area contributed by atoms with Crippen molar-refractivity contribution in [1.29, 1.82) is 0 Å². The van der Waals surface area contributed by atoms with E-state index in [0.29, 0.717) is 5.02 Å². The molecule has 7 heteroatoms. The van der Waals surface area contributed by atoms with Crippen molar-refractivity contribution >= 4 is 33.1 Å². The molecule has 0 unspecified atom stereocenters. The maximum atomic E-state index is 12.0. The standard InChI is InChI=1S/C11H10ClN3O2S/c12-8-5-6-11(14-7-8)15-18(16,17)10-4-2-1-3-9(10)13/h1-7H,13H2,(H,14,15). The SMILES string of the molecule is Nc1ccccc1S(=O)(=O)Nc1ccc(Cl)cn1. The summed E-state index contributed by atoms with van der Waals surface area (Å²) < 4.78 is 26.4. The number of hydrogen-bond acceptors (Lipinski definition) is 4. The van der Waals surface area contributed by atoms with E-state index in [1.807, 2.05) is 0 Å². The Labute approximate surface area is 110 Å². The van der Waals surface area contributed by atoms with Crippen molar-refractivity contribution < 1.29 is 8.42 Å². The third kappa shape index (κ3) is 2.72. The number of halogens is 1. The van der Waals surface area contributed by atoms with Crippen LogP contribution >= 0.6 is 11.6 Å². The Bertz CT molecular complexity index is 656. The number of nitrogen functional groups attached to an aromatic ring is 1. The molecular weight excluding hydrogens is 274 g/mol. The fraction of sp³-hybridized carbons (Fsp3) is 0. The Morgan fingerprint density at radius 3 is 2.50 bits per heavy atom. The molecule has 1 aromatic carbocycles. The van der Waals surface area contributed by atoms with Crippen LogP contribution in [0, 0.1) is 0 Å². The summed E-state index contributed by atoms with van der Waals surface area (Å²) >= 11 is 5.67. The summed E-state index contributed by atoms with van der Waals surface area (Å²) in [6.45, 7) is 0.